The van der Waals surface area contributed by atoms with Crippen molar-refractivity contribution < 1.29 is 13.2 Å². The van der Waals surface area contributed by atoms with Crippen LogP contribution in [0.15, 0.2) is 41.5 Å². The van der Waals surface area contributed by atoms with Crippen molar-refractivity contribution in [1.82, 2.24) is 0 Å². The Labute approximate surface area is 112 Å². The summed E-state index contributed by atoms with van der Waals surface area (Å²) >= 11 is 5.31. The van der Waals surface area contributed by atoms with Crippen LogP contribution in [0.3, 0.4) is 0 Å². The Kier molecular flexibility index (Phi) is 4.06. The molecule has 0 bridgehead atoms. The summed E-state index contributed by atoms with van der Waals surface area (Å²) in [5.74, 6) is -3.66. The molecule has 0 radical (unpaired) electrons. The number of nitrogens with zero attached hydrogens (tertiary/aromatic N) is 1. The van der Waals surface area contributed by atoms with Crippen LogP contribution in [0.2, 0.25) is 5.02 Å². The second kappa shape index (κ2) is 5.75. The number of benzene rings is 2. The third-order valence-corrected chi connectivity index (χ3v) is 2.59. The van der Waals surface area contributed by atoms with Crippen molar-refractivity contribution in [1.29, 1.82) is 0 Å². The molecule has 0 saturated heterocycles. The number of halogens is 4. The van der Waals surface area contributed by atoms with E-state index in [4.69, 9.17) is 11.6 Å². The number of hydrazone groups is 1. The highest BCUT2D eigenvalue weighted by Gasteiger charge is 2.16. The van der Waals surface area contributed by atoms with Gasteiger partial charge in [-0.2, -0.15) is 5.10 Å². The molecule has 0 fully saturated rings. The lowest BCUT2D eigenvalue weighted by atomic mass is 10.2. The van der Waals surface area contributed by atoms with E-state index in [1.54, 1.807) is 24.3 Å². The van der Waals surface area contributed by atoms with Crippen molar-refractivity contribution in [3.8, 4) is 0 Å². The molecule has 19 heavy (non-hydrogen) atoms. The van der Waals surface area contributed by atoms with Crippen LogP contribution in [-0.4, -0.2) is 6.21 Å². The van der Waals surface area contributed by atoms with Crippen LogP contribution >= 0.6 is 11.6 Å². The predicted molar refractivity (Wildman–Crippen MR) is 69.0 cm³/mol. The van der Waals surface area contributed by atoms with Gasteiger partial charge in [-0.3, -0.25) is 5.43 Å². The van der Waals surface area contributed by atoms with Crippen LogP contribution in [0.1, 0.15) is 5.56 Å². The molecule has 2 nitrogen and oxygen atoms in total. The number of anilines is 1. The minimum absolute atomic E-state index is 0.592. The first-order valence-electron chi connectivity index (χ1n) is 5.26. The first-order chi connectivity index (χ1) is 9.09. The summed E-state index contributed by atoms with van der Waals surface area (Å²) in [6, 6.07) is 9.47. The zero-order valence-electron chi connectivity index (χ0n) is 9.50. The molecule has 0 saturated carbocycles. The maximum atomic E-state index is 13.4. The van der Waals surface area contributed by atoms with E-state index < -0.39 is 28.0 Å². The van der Waals surface area contributed by atoms with Gasteiger partial charge in [0.15, 0.2) is 11.6 Å². The van der Waals surface area contributed by atoms with Gasteiger partial charge in [0.25, 0.3) is 0 Å². The number of hydrogen-bond acceptors (Lipinski definition) is 2. The SMILES string of the molecule is Fc1cc(Cl)c(F)c(F)c1C=NNc1ccccc1. The molecule has 0 aliphatic rings. The molecule has 2 aromatic carbocycles. The van der Waals surface area contributed by atoms with E-state index in [2.05, 4.69) is 10.5 Å². The molecule has 0 atom stereocenters. The minimum Gasteiger partial charge on any atom is -0.279 e. The lowest BCUT2D eigenvalue weighted by Crippen LogP contribution is -2.00. The molecule has 0 heterocycles. The fourth-order valence-corrected chi connectivity index (χ4v) is 1.56. The van der Waals surface area contributed by atoms with Gasteiger partial charge in [0.1, 0.15) is 5.82 Å². The lowest BCUT2D eigenvalue weighted by Gasteiger charge is -2.03. The molecule has 2 aromatic rings. The highest BCUT2D eigenvalue weighted by Crippen LogP contribution is 2.22. The van der Waals surface area contributed by atoms with Gasteiger partial charge in [0.05, 0.1) is 22.5 Å². The summed E-state index contributed by atoms with van der Waals surface area (Å²) in [4.78, 5) is 0. The second-order valence-corrected chi connectivity index (χ2v) is 4.03. The third kappa shape index (κ3) is 3.06. The summed E-state index contributed by atoms with van der Waals surface area (Å²) in [6.07, 6.45) is 0.858. The predicted octanol–water partition coefficient (Wildman–Crippen LogP) is 4.20. The summed E-state index contributed by atoms with van der Waals surface area (Å²) in [6.45, 7) is 0. The molecule has 0 aromatic heterocycles. The van der Waals surface area contributed by atoms with Crippen molar-refractivity contribution in [2.45, 2.75) is 0 Å². The smallest absolute Gasteiger partial charge is 0.178 e. The molecule has 0 amide bonds. The molecule has 0 unspecified atom stereocenters. The van der Waals surface area contributed by atoms with Gasteiger partial charge in [-0.25, -0.2) is 13.2 Å². The second-order valence-electron chi connectivity index (χ2n) is 3.62. The van der Waals surface area contributed by atoms with Crippen molar-refractivity contribution in [3.63, 3.8) is 0 Å². The van der Waals surface area contributed by atoms with E-state index in [1.807, 2.05) is 6.07 Å². The van der Waals surface area contributed by atoms with Gasteiger partial charge in [-0.05, 0) is 18.2 Å². The monoisotopic (exact) mass is 284 g/mol. The normalized spacial score (nSPS) is 10.9. The van der Waals surface area contributed by atoms with Crippen LogP contribution in [-0.2, 0) is 0 Å². The van der Waals surface area contributed by atoms with Crippen LogP contribution < -0.4 is 5.43 Å². The van der Waals surface area contributed by atoms with E-state index in [0.29, 0.717) is 11.8 Å². The van der Waals surface area contributed by atoms with Gasteiger partial charge >= 0.3 is 0 Å². The Morgan fingerprint density at radius 3 is 2.42 bits per heavy atom. The minimum atomic E-state index is -1.37. The molecule has 0 spiro atoms. The fourth-order valence-electron chi connectivity index (χ4n) is 1.38. The van der Waals surface area contributed by atoms with Crippen LogP contribution in [0.4, 0.5) is 18.9 Å². The van der Waals surface area contributed by atoms with E-state index >= 15 is 0 Å². The summed E-state index contributed by atoms with van der Waals surface area (Å²) in [5.41, 5.74) is 2.60. The Hall–Kier alpha value is -2.01. The van der Waals surface area contributed by atoms with Gasteiger partial charge in [-0.15, -0.1) is 0 Å². The summed E-state index contributed by atoms with van der Waals surface area (Å²) < 4.78 is 40.0. The number of nitrogens with one attached hydrogen (secondary N) is 1. The molecular weight excluding hydrogens is 277 g/mol. The Balaban J connectivity index is 2.22. The summed E-state index contributed by atoms with van der Waals surface area (Å²) in [5, 5.41) is 3.03. The molecule has 1 N–H and O–H groups in total. The van der Waals surface area contributed by atoms with Crippen LogP contribution in [0.5, 0.6) is 0 Å². The van der Waals surface area contributed by atoms with Gasteiger partial charge < -0.3 is 0 Å². The highest BCUT2D eigenvalue weighted by molar-refractivity contribution is 6.30. The van der Waals surface area contributed by atoms with Crippen molar-refractivity contribution in [2.75, 3.05) is 5.43 Å². The van der Waals surface area contributed by atoms with Gasteiger partial charge in [0, 0.05) is 0 Å². The summed E-state index contributed by atoms with van der Waals surface area (Å²) in [7, 11) is 0. The first kappa shape index (κ1) is 13.4. The quantitative estimate of drug-likeness (QED) is 0.388. The Bertz CT molecular complexity index is 615. The fraction of sp³-hybridized carbons (Fsp3) is 0. The Morgan fingerprint density at radius 2 is 1.74 bits per heavy atom. The van der Waals surface area contributed by atoms with E-state index in [9.17, 15) is 13.2 Å². The zero-order valence-corrected chi connectivity index (χ0v) is 10.3. The molecule has 6 heteroatoms. The van der Waals surface area contributed by atoms with Gasteiger partial charge in [-0.1, -0.05) is 29.8 Å². The maximum Gasteiger partial charge on any atom is 0.178 e. The van der Waals surface area contributed by atoms with Crippen molar-refractivity contribution in [2.24, 2.45) is 5.10 Å². The van der Waals surface area contributed by atoms with E-state index in [0.717, 1.165) is 6.21 Å². The van der Waals surface area contributed by atoms with E-state index in [-0.39, 0.29) is 0 Å². The Morgan fingerprint density at radius 1 is 1.05 bits per heavy atom. The van der Waals surface area contributed by atoms with Crippen molar-refractivity contribution in [3.05, 3.63) is 64.4 Å². The highest BCUT2D eigenvalue weighted by atomic mass is 35.5. The van der Waals surface area contributed by atoms with Crippen LogP contribution in [0, 0.1) is 17.5 Å². The van der Waals surface area contributed by atoms with Gasteiger partial charge in [0.2, 0.25) is 0 Å². The standard InChI is InChI=1S/C13H8ClF3N2/c14-10-6-11(15)9(12(16)13(10)17)7-18-19-8-4-2-1-3-5-8/h1-7,19H. The third-order valence-electron chi connectivity index (χ3n) is 2.31. The van der Waals surface area contributed by atoms with Crippen molar-refractivity contribution >= 4 is 23.5 Å². The zero-order chi connectivity index (χ0) is 13.8. The first-order valence-corrected chi connectivity index (χ1v) is 5.64. The number of para-hydroxylation sites is 1. The topological polar surface area (TPSA) is 24.4 Å². The lowest BCUT2D eigenvalue weighted by molar-refractivity contribution is 0.493. The number of hydrogen-bond donors (Lipinski definition) is 1. The molecule has 0 aliphatic carbocycles. The molecule has 0 aliphatic heterocycles. The average Bonchev–Trinajstić information content (AvgIpc) is 2.41. The average molecular weight is 285 g/mol. The maximum absolute atomic E-state index is 13.4. The molecule has 98 valence electrons. The number of rotatable bonds is 3. The molecule has 2 rings (SSSR count). The molecular formula is C13H8ClF3N2. The van der Waals surface area contributed by atoms with E-state index in [1.165, 1.54) is 0 Å². The largest absolute Gasteiger partial charge is 0.279 e. The van der Waals surface area contributed by atoms with Crippen LogP contribution in [0.25, 0.3) is 0 Å².